The molecule has 1 amide bonds. The highest BCUT2D eigenvalue weighted by molar-refractivity contribution is 5.99. The fraction of sp³-hybridized carbons (Fsp3) is 0.400. The quantitative estimate of drug-likeness (QED) is 0.847. The van der Waals surface area contributed by atoms with Crippen molar-refractivity contribution in [2.45, 2.75) is 12.8 Å². The maximum atomic E-state index is 12.4. The van der Waals surface area contributed by atoms with Gasteiger partial charge in [0.05, 0.1) is 18.8 Å². The summed E-state index contributed by atoms with van der Waals surface area (Å²) in [6, 6.07) is 5.41. The highest BCUT2D eigenvalue weighted by Crippen LogP contribution is 2.31. The Bertz CT molecular complexity index is 613. The van der Waals surface area contributed by atoms with Gasteiger partial charge in [-0.15, -0.1) is 0 Å². The molecule has 3 rings (SSSR count). The standard InChI is InChI=1S/C15H17NO3/c1-16(9-10-3-4-10)15(17)11-7-13(18-2)12-5-6-19-14(12)8-11/h5-8,10H,3-4,9H2,1-2H3. The molecule has 100 valence electrons. The molecule has 0 atom stereocenters. The van der Waals surface area contributed by atoms with Gasteiger partial charge in [-0.25, -0.2) is 0 Å². The Labute approximate surface area is 111 Å². The van der Waals surface area contributed by atoms with Crippen molar-refractivity contribution < 1.29 is 13.9 Å². The third-order valence-corrected chi connectivity index (χ3v) is 3.58. The molecule has 2 aromatic rings. The molecule has 0 N–H and O–H groups in total. The van der Waals surface area contributed by atoms with Gasteiger partial charge in [-0.2, -0.15) is 0 Å². The number of methoxy groups -OCH3 is 1. The Morgan fingerprint density at radius 2 is 2.26 bits per heavy atom. The average molecular weight is 259 g/mol. The fourth-order valence-corrected chi connectivity index (χ4v) is 2.32. The van der Waals surface area contributed by atoms with Crippen LogP contribution in [0, 0.1) is 5.92 Å². The zero-order valence-corrected chi connectivity index (χ0v) is 11.2. The van der Waals surface area contributed by atoms with Crippen LogP contribution in [0.3, 0.4) is 0 Å². The third kappa shape index (κ3) is 2.30. The van der Waals surface area contributed by atoms with E-state index < -0.39 is 0 Å². The summed E-state index contributed by atoms with van der Waals surface area (Å²) in [4.78, 5) is 14.1. The molecule has 0 bridgehead atoms. The summed E-state index contributed by atoms with van der Waals surface area (Å²) < 4.78 is 10.7. The normalized spacial score (nSPS) is 14.6. The zero-order chi connectivity index (χ0) is 13.4. The molecule has 1 aliphatic rings. The van der Waals surface area contributed by atoms with Gasteiger partial charge >= 0.3 is 0 Å². The number of fused-ring (bicyclic) bond motifs is 1. The number of benzene rings is 1. The maximum absolute atomic E-state index is 12.4. The van der Waals surface area contributed by atoms with Crippen LogP contribution < -0.4 is 4.74 Å². The van der Waals surface area contributed by atoms with Crippen molar-refractivity contribution in [3.63, 3.8) is 0 Å². The van der Waals surface area contributed by atoms with E-state index in [1.54, 1.807) is 30.4 Å². The predicted octanol–water partition coefficient (Wildman–Crippen LogP) is 2.92. The maximum Gasteiger partial charge on any atom is 0.253 e. The van der Waals surface area contributed by atoms with Crippen LogP contribution >= 0.6 is 0 Å². The van der Waals surface area contributed by atoms with Gasteiger partial charge in [0, 0.05) is 19.2 Å². The SMILES string of the molecule is COc1cc(C(=O)N(C)CC2CC2)cc2occc12. The van der Waals surface area contributed by atoms with Crippen LogP contribution in [0.15, 0.2) is 28.9 Å². The number of carbonyl (C=O) groups is 1. The van der Waals surface area contributed by atoms with E-state index in [-0.39, 0.29) is 5.91 Å². The molecule has 1 aliphatic carbocycles. The van der Waals surface area contributed by atoms with Crippen LogP contribution in [-0.2, 0) is 0 Å². The van der Waals surface area contributed by atoms with Gasteiger partial charge < -0.3 is 14.1 Å². The number of hydrogen-bond donors (Lipinski definition) is 0. The number of nitrogens with zero attached hydrogens (tertiary/aromatic N) is 1. The van der Waals surface area contributed by atoms with Crippen LogP contribution in [0.2, 0.25) is 0 Å². The second-order valence-corrected chi connectivity index (χ2v) is 5.14. The fourth-order valence-electron chi connectivity index (χ4n) is 2.32. The lowest BCUT2D eigenvalue weighted by Crippen LogP contribution is -2.28. The average Bonchev–Trinajstić information content (AvgIpc) is 3.10. The molecule has 1 fully saturated rings. The molecule has 19 heavy (non-hydrogen) atoms. The lowest BCUT2D eigenvalue weighted by atomic mass is 10.1. The lowest BCUT2D eigenvalue weighted by Gasteiger charge is -2.17. The first-order valence-corrected chi connectivity index (χ1v) is 6.49. The van der Waals surface area contributed by atoms with Gasteiger partial charge in [-0.1, -0.05) is 0 Å². The summed E-state index contributed by atoms with van der Waals surface area (Å²) in [6.07, 6.45) is 4.08. The molecular formula is C15H17NO3. The smallest absolute Gasteiger partial charge is 0.253 e. The van der Waals surface area contributed by atoms with Crippen LogP contribution in [0.25, 0.3) is 11.0 Å². The molecule has 1 saturated carbocycles. The van der Waals surface area contributed by atoms with Gasteiger partial charge in [-0.3, -0.25) is 4.79 Å². The van der Waals surface area contributed by atoms with Gasteiger partial charge in [0.2, 0.25) is 0 Å². The molecule has 4 nitrogen and oxygen atoms in total. The summed E-state index contributed by atoms with van der Waals surface area (Å²) in [5, 5.41) is 0.892. The third-order valence-electron chi connectivity index (χ3n) is 3.58. The lowest BCUT2D eigenvalue weighted by molar-refractivity contribution is 0.0788. The summed E-state index contributed by atoms with van der Waals surface area (Å²) >= 11 is 0. The van der Waals surface area contributed by atoms with Crippen molar-refractivity contribution in [3.05, 3.63) is 30.0 Å². The summed E-state index contributed by atoms with van der Waals surface area (Å²) in [5.74, 6) is 1.38. The minimum atomic E-state index is 0.0171. The van der Waals surface area contributed by atoms with E-state index in [9.17, 15) is 4.79 Å². The Morgan fingerprint density at radius 1 is 1.47 bits per heavy atom. The minimum absolute atomic E-state index is 0.0171. The van der Waals surface area contributed by atoms with Crippen LogP contribution in [0.4, 0.5) is 0 Å². The van der Waals surface area contributed by atoms with E-state index in [1.807, 2.05) is 13.1 Å². The van der Waals surface area contributed by atoms with Crippen LogP contribution in [0.5, 0.6) is 5.75 Å². The number of carbonyl (C=O) groups excluding carboxylic acids is 1. The molecule has 1 aromatic carbocycles. The van der Waals surface area contributed by atoms with Crippen molar-refractivity contribution in [2.24, 2.45) is 5.92 Å². The highest BCUT2D eigenvalue weighted by Gasteiger charge is 2.25. The number of rotatable bonds is 4. The molecule has 0 unspecified atom stereocenters. The molecule has 1 heterocycles. The van der Waals surface area contributed by atoms with Gasteiger partial charge in [0.15, 0.2) is 0 Å². The van der Waals surface area contributed by atoms with Crippen molar-refractivity contribution >= 4 is 16.9 Å². The summed E-state index contributed by atoms with van der Waals surface area (Å²) in [7, 11) is 3.45. The Hall–Kier alpha value is -1.97. The second-order valence-electron chi connectivity index (χ2n) is 5.14. The van der Waals surface area contributed by atoms with Gasteiger partial charge in [-0.05, 0) is 37.0 Å². The molecule has 0 radical (unpaired) electrons. The van der Waals surface area contributed by atoms with Crippen molar-refractivity contribution in [1.29, 1.82) is 0 Å². The van der Waals surface area contributed by atoms with Crippen molar-refractivity contribution in [2.75, 3.05) is 20.7 Å². The number of ether oxygens (including phenoxy) is 1. The second kappa shape index (κ2) is 4.61. The van der Waals surface area contributed by atoms with Gasteiger partial charge in [0.25, 0.3) is 5.91 Å². The monoisotopic (exact) mass is 259 g/mol. The minimum Gasteiger partial charge on any atom is -0.496 e. The summed E-state index contributed by atoms with van der Waals surface area (Å²) in [6.45, 7) is 0.831. The van der Waals surface area contributed by atoms with E-state index in [0.717, 1.165) is 11.9 Å². The number of amides is 1. The molecule has 1 aromatic heterocycles. The molecular weight excluding hydrogens is 242 g/mol. The number of furan rings is 1. The first-order chi connectivity index (χ1) is 9.19. The molecule has 0 spiro atoms. The van der Waals surface area contributed by atoms with Crippen molar-refractivity contribution in [3.8, 4) is 5.75 Å². The van der Waals surface area contributed by atoms with E-state index >= 15 is 0 Å². The highest BCUT2D eigenvalue weighted by atomic mass is 16.5. The van der Waals surface area contributed by atoms with E-state index in [0.29, 0.717) is 22.8 Å². The van der Waals surface area contributed by atoms with Gasteiger partial charge in [0.1, 0.15) is 11.3 Å². The Kier molecular flexibility index (Phi) is 2.93. The largest absolute Gasteiger partial charge is 0.496 e. The van der Waals surface area contributed by atoms with E-state index in [4.69, 9.17) is 9.15 Å². The predicted molar refractivity (Wildman–Crippen MR) is 72.5 cm³/mol. The zero-order valence-electron chi connectivity index (χ0n) is 11.2. The molecule has 4 heteroatoms. The molecule has 0 aliphatic heterocycles. The van der Waals surface area contributed by atoms with E-state index in [1.165, 1.54) is 12.8 Å². The Balaban J connectivity index is 1.92. The first kappa shape index (κ1) is 12.1. The Morgan fingerprint density at radius 3 is 2.95 bits per heavy atom. The first-order valence-electron chi connectivity index (χ1n) is 6.49. The topological polar surface area (TPSA) is 42.7 Å². The van der Waals surface area contributed by atoms with Crippen LogP contribution in [0.1, 0.15) is 23.2 Å². The van der Waals surface area contributed by atoms with E-state index in [2.05, 4.69) is 0 Å². The summed E-state index contributed by atoms with van der Waals surface area (Å²) in [5.41, 5.74) is 1.30. The van der Waals surface area contributed by atoms with Crippen molar-refractivity contribution in [1.82, 2.24) is 4.90 Å². The number of hydrogen-bond acceptors (Lipinski definition) is 3. The van der Waals surface area contributed by atoms with Crippen LogP contribution in [-0.4, -0.2) is 31.5 Å². The molecule has 0 saturated heterocycles.